The van der Waals surface area contributed by atoms with Gasteiger partial charge < -0.3 is 19.3 Å². The average molecular weight is 535 g/mol. The maximum absolute atomic E-state index is 13.6. The second-order valence-electron chi connectivity index (χ2n) is 9.62. The van der Waals surface area contributed by atoms with Crippen LogP contribution in [-0.2, 0) is 22.6 Å². The summed E-state index contributed by atoms with van der Waals surface area (Å²) in [5.41, 5.74) is 1.99. The topological polar surface area (TPSA) is 59.1 Å². The molecule has 0 radical (unpaired) electrons. The molecule has 0 saturated carbocycles. The lowest BCUT2D eigenvalue weighted by atomic mass is 10.1. The summed E-state index contributed by atoms with van der Waals surface area (Å²) in [6, 6.07) is 19.6. The highest BCUT2D eigenvalue weighted by Gasteiger charge is 2.22. The zero-order chi connectivity index (χ0) is 27.5. The number of hydrogen-bond donors (Lipinski definition) is 0. The Morgan fingerprint density at radius 3 is 2.32 bits per heavy atom. The number of aryl methyl sites for hydroxylation is 1. The van der Waals surface area contributed by atoms with Crippen molar-refractivity contribution in [2.75, 3.05) is 33.9 Å². The maximum Gasteiger partial charge on any atom is 0.247 e. The maximum atomic E-state index is 13.6. The van der Waals surface area contributed by atoms with Crippen LogP contribution >= 0.6 is 11.3 Å². The van der Waals surface area contributed by atoms with Crippen LogP contribution in [0.3, 0.4) is 0 Å². The second kappa shape index (κ2) is 14.4. The van der Waals surface area contributed by atoms with Crippen LogP contribution in [0.15, 0.2) is 66.7 Å². The molecule has 7 heteroatoms. The summed E-state index contributed by atoms with van der Waals surface area (Å²) in [6.45, 7) is 7.73. The number of thiophene rings is 1. The van der Waals surface area contributed by atoms with E-state index in [9.17, 15) is 9.59 Å². The molecule has 3 rings (SSSR count). The molecule has 3 aromatic rings. The average Bonchev–Trinajstić information content (AvgIpc) is 3.33. The van der Waals surface area contributed by atoms with Gasteiger partial charge in [-0.05, 0) is 60.7 Å². The molecule has 2 aromatic carbocycles. The van der Waals surface area contributed by atoms with Gasteiger partial charge in [0.1, 0.15) is 6.54 Å². The van der Waals surface area contributed by atoms with Crippen LogP contribution in [0.5, 0.6) is 11.5 Å². The Morgan fingerprint density at radius 2 is 1.68 bits per heavy atom. The van der Waals surface area contributed by atoms with Crippen molar-refractivity contribution in [2.45, 2.75) is 33.7 Å². The fourth-order valence-electron chi connectivity index (χ4n) is 4.12. The lowest BCUT2D eigenvalue weighted by molar-refractivity contribution is -0.138. The lowest BCUT2D eigenvalue weighted by Gasteiger charge is -2.28. The van der Waals surface area contributed by atoms with E-state index in [1.807, 2.05) is 53.4 Å². The van der Waals surface area contributed by atoms with E-state index in [1.165, 1.54) is 4.88 Å². The Hall–Kier alpha value is -3.58. The van der Waals surface area contributed by atoms with Crippen molar-refractivity contribution in [3.8, 4) is 11.5 Å². The van der Waals surface area contributed by atoms with Gasteiger partial charge in [0.2, 0.25) is 11.8 Å². The molecule has 0 N–H and O–H groups in total. The van der Waals surface area contributed by atoms with E-state index in [0.717, 1.165) is 16.0 Å². The van der Waals surface area contributed by atoms with Crippen LogP contribution in [0.1, 0.15) is 34.7 Å². The fourth-order valence-corrected chi connectivity index (χ4v) is 5.03. The van der Waals surface area contributed by atoms with E-state index in [2.05, 4.69) is 32.9 Å². The number of ether oxygens (including phenoxy) is 2. The normalized spacial score (nSPS) is 11.1. The summed E-state index contributed by atoms with van der Waals surface area (Å²) in [7, 11) is 3.23. The van der Waals surface area contributed by atoms with Gasteiger partial charge in [-0.15, -0.1) is 11.3 Å². The molecular weight excluding hydrogens is 496 g/mol. The van der Waals surface area contributed by atoms with Gasteiger partial charge in [0, 0.05) is 28.9 Å². The van der Waals surface area contributed by atoms with Crippen LogP contribution in [0.2, 0.25) is 0 Å². The van der Waals surface area contributed by atoms with Crippen molar-refractivity contribution < 1.29 is 19.1 Å². The Morgan fingerprint density at radius 1 is 0.947 bits per heavy atom. The molecule has 38 heavy (non-hydrogen) atoms. The number of benzene rings is 2. The molecule has 0 aliphatic heterocycles. The molecule has 202 valence electrons. The van der Waals surface area contributed by atoms with Crippen LogP contribution in [0.25, 0.3) is 6.08 Å². The minimum Gasteiger partial charge on any atom is -0.493 e. The van der Waals surface area contributed by atoms with Gasteiger partial charge in [-0.2, -0.15) is 0 Å². The zero-order valence-corrected chi connectivity index (χ0v) is 23.8. The Balaban J connectivity index is 1.76. The minimum absolute atomic E-state index is 0.0342. The predicted molar refractivity (Wildman–Crippen MR) is 155 cm³/mol. The van der Waals surface area contributed by atoms with E-state index in [4.69, 9.17) is 9.47 Å². The van der Waals surface area contributed by atoms with Crippen molar-refractivity contribution in [1.82, 2.24) is 9.80 Å². The monoisotopic (exact) mass is 534 g/mol. The highest BCUT2D eigenvalue weighted by Crippen LogP contribution is 2.28. The second-order valence-corrected chi connectivity index (χ2v) is 11.0. The third-order valence-electron chi connectivity index (χ3n) is 6.06. The highest BCUT2D eigenvalue weighted by atomic mass is 32.1. The highest BCUT2D eigenvalue weighted by molar-refractivity contribution is 7.11. The summed E-state index contributed by atoms with van der Waals surface area (Å²) in [4.78, 5) is 32.6. The van der Waals surface area contributed by atoms with Crippen LogP contribution in [-0.4, -0.2) is 55.5 Å². The summed E-state index contributed by atoms with van der Waals surface area (Å²) < 4.78 is 10.8. The first-order chi connectivity index (χ1) is 18.3. The van der Waals surface area contributed by atoms with E-state index < -0.39 is 0 Å². The summed E-state index contributed by atoms with van der Waals surface area (Å²) in [6.07, 6.45) is 4.01. The Kier molecular flexibility index (Phi) is 11.0. The smallest absolute Gasteiger partial charge is 0.247 e. The predicted octanol–water partition coefficient (Wildman–Crippen LogP) is 5.84. The third kappa shape index (κ3) is 8.77. The van der Waals surface area contributed by atoms with Crippen LogP contribution in [0.4, 0.5) is 0 Å². The van der Waals surface area contributed by atoms with E-state index in [0.29, 0.717) is 37.6 Å². The van der Waals surface area contributed by atoms with Gasteiger partial charge in [-0.25, -0.2) is 0 Å². The largest absolute Gasteiger partial charge is 0.493 e. The van der Waals surface area contributed by atoms with Crippen LogP contribution < -0.4 is 9.47 Å². The van der Waals surface area contributed by atoms with Crippen molar-refractivity contribution in [3.05, 3.63) is 87.6 Å². The molecule has 0 aliphatic rings. The van der Waals surface area contributed by atoms with Crippen molar-refractivity contribution >= 4 is 29.2 Å². The van der Waals surface area contributed by atoms with Gasteiger partial charge >= 0.3 is 0 Å². The third-order valence-corrected chi connectivity index (χ3v) is 7.04. The molecule has 0 bridgehead atoms. The molecule has 0 spiro atoms. The standard InChI is InChI=1S/C31H38N2O4S/c1-23(2)20-33(30(34)16-13-25-9-7-6-8-10-25)22-31(35)32(21-27-14-11-24(3)38-27)18-17-26-12-15-28(36-4)29(19-26)37-5/h6-16,19,23H,17-18,20-22H2,1-5H3/b16-13+. The van der Waals surface area contributed by atoms with Gasteiger partial charge in [-0.3, -0.25) is 9.59 Å². The molecular formula is C31H38N2O4S. The lowest BCUT2D eigenvalue weighted by Crippen LogP contribution is -2.44. The zero-order valence-electron chi connectivity index (χ0n) is 23.0. The number of carbonyl (C=O) groups is 2. The van der Waals surface area contributed by atoms with E-state index in [-0.39, 0.29) is 24.3 Å². The van der Waals surface area contributed by atoms with Gasteiger partial charge in [0.15, 0.2) is 11.5 Å². The molecule has 0 atom stereocenters. The van der Waals surface area contributed by atoms with Gasteiger partial charge in [0.25, 0.3) is 0 Å². The Labute approximate surface area is 230 Å². The first kappa shape index (κ1) is 29.0. The molecule has 6 nitrogen and oxygen atoms in total. The number of carbonyl (C=O) groups excluding carboxylic acids is 2. The van der Waals surface area contributed by atoms with Gasteiger partial charge in [-0.1, -0.05) is 50.2 Å². The molecule has 0 saturated heterocycles. The van der Waals surface area contributed by atoms with E-state index >= 15 is 0 Å². The first-order valence-corrected chi connectivity index (χ1v) is 13.7. The molecule has 2 amide bonds. The van der Waals surface area contributed by atoms with Crippen molar-refractivity contribution in [1.29, 1.82) is 0 Å². The number of rotatable bonds is 13. The number of nitrogens with zero attached hydrogens (tertiary/aromatic N) is 2. The SMILES string of the molecule is COc1ccc(CCN(Cc2ccc(C)s2)C(=O)CN(CC(C)C)C(=O)/C=C/c2ccccc2)cc1OC. The molecule has 0 fully saturated rings. The molecule has 1 heterocycles. The summed E-state index contributed by atoms with van der Waals surface area (Å²) in [5.74, 6) is 1.33. The minimum atomic E-state index is -0.164. The fraction of sp³-hybridized carbons (Fsp3) is 0.355. The van der Waals surface area contributed by atoms with Crippen molar-refractivity contribution in [2.24, 2.45) is 5.92 Å². The summed E-state index contributed by atoms with van der Waals surface area (Å²) >= 11 is 1.69. The summed E-state index contributed by atoms with van der Waals surface area (Å²) in [5, 5.41) is 0. The van der Waals surface area contributed by atoms with Crippen molar-refractivity contribution in [3.63, 3.8) is 0 Å². The molecule has 0 unspecified atom stereocenters. The van der Waals surface area contributed by atoms with Crippen LogP contribution in [0, 0.1) is 12.8 Å². The quantitative estimate of drug-likeness (QED) is 0.259. The first-order valence-electron chi connectivity index (χ1n) is 12.8. The number of hydrogen-bond acceptors (Lipinski definition) is 5. The van der Waals surface area contributed by atoms with Gasteiger partial charge in [0.05, 0.1) is 20.8 Å². The number of methoxy groups -OCH3 is 2. The molecule has 0 aliphatic carbocycles. The molecule has 1 aromatic heterocycles. The van der Waals surface area contributed by atoms with E-state index in [1.54, 1.807) is 42.6 Å². The Bertz CT molecular complexity index is 1220. The number of amides is 2.